The molecule has 4 nitrogen and oxygen atoms in total. The minimum atomic E-state index is -4.38. The molecule has 0 unspecified atom stereocenters. The smallest absolute Gasteiger partial charge is 0.357 e. The van der Waals surface area contributed by atoms with E-state index in [0.717, 1.165) is 31.5 Å². The van der Waals surface area contributed by atoms with Gasteiger partial charge < -0.3 is 10.2 Å². The Hall–Kier alpha value is -2.57. The summed E-state index contributed by atoms with van der Waals surface area (Å²) in [5, 5.41) is 3.23. The van der Waals surface area contributed by atoms with Crippen molar-refractivity contribution in [3.8, 4) is 0 Å². The normalized spacial score (nSPS) is 20.2. The van der Waals surface area contributed by atoms with E-state index >= 15 is 0 Å². The second-order valence-electron chi connectivity index (χ2n) is 7.82. The van der Waals surface area contributed by atoms with Crippen LogP contribution in [-0.4, -0.2) is 24.0 Å². The summed E-state index contributed by atoms with van der Waals surface area (Å²) in [6.45, 7) is 1.22. The highest BCUT2D eigenvalue weighted by Gasteiger charge is 2.32. The van der Waals surface area contributed by atoms with E-state index in [9.17, 15) is 18.0 Å². The maximum atomic E-state index is 12.8. The average molecular weight is 403 g/mol. The summed E-state index contributed by atoms with van der Waals surface area (Å²) >= 11 is 0. The largest absolute Gasteiger partial charge is 0.417 e. The molecule has 0 radical (unpaired) electrons. The molecule has 1 aliphatic heterocycles. The average Bonchev–Trinajstić information content (AvgIpc) is 2.73. The van der Waals surface area contributed by atoms with E-state index in [1.54, 1.807) is 0 Å². The molecule has 154 valence electrons. The summed E-state index contributed by atoms with van der Waals surface area (Å²) in [5.41, 5.74) is 1.79. The first-order valence-corrected chi connectivity index (χ1v) is 10.1. The predicted molar refractivity (Wildman–Crippen MR) is 104 cm³/mol. The first kappa shape index (κ1) is 19.7. The molecule has 0 bridgehead atoms. The molecule has 0 saturated carbocycles. The van der Waals surface area contributed by atoms with Crippen molar-refractivity contribution in [3.05, 3.63) is 59.3 Å². The molecule has 1 amide bonds. The van der Waals surface area contributed by atoms with Crippen LogP contribution in [0, 0.1) is 5.92 Å². The van der Waals surface area contributed by atoms with Crippen molar-refractivity contribution in [2.75, 3.05) is 18.0 Å². The standard InChI is InChI=1S/C22H24F3N3O/c23-22(24,25)17-8-9-20(26-14-17)28-12-10-16(11-13-28)21(29)27-19-7-3-5-15-4-1-2-6-18(15)19/h1-2,4,6,8-9,14,16,19H,3,5,7,10-13H2,(H,27,29)/t19-/m1/s1. The fourth-order valence-electron chi connectivity index (χ4n) is 4.31. The number of fused-ring (bicyclic) bond motifs is 1. The van der Waals surface area contributed by atoms with E-state index in [2.05, 4.69) is 22.4 Å². The van der Waals surface area contributed by atoms with Crippen molar-refractivity contribution in [1.82, 2.24) is 10.3 Å². The Balaban J connectivity index is 1.33. The maximum Gasteiger partial charge on any atom is 0.417 e. The predicted octanol–water partition coefficient (Wildman–Crippen LogP) is 4.51. The molecule has 1 saturated heterocycles. The van der Waals surface area contributed by atoms with Gasteiger partial charge in [-0.15, -0.1) is 0 Å². The number of aromatic nitrogens is 1. The lowest BCUT2D eigenvalue weighted by Crippen LogP contribution is -2.42. The van der Waals surface area contributed by atoms with E-state index in [0.29, 0.717) is 31.7 Å². The molecule has 4 rings (SSSR count). The van der Waals surface area contributed by atoms with Crippen molar-refractivity contribution in [2.24, 2.45) is 5.92 Å². The number of anilines is 1. The summed E-state index contributed by atoms with van der Waals surface area (Å²) in [6, 6.07) is 10.8. The molecule has 29 heavy (non-hydrogen) atoms. The molecule has 0 spiro atoms. The monoisotopic (exact) mass is 403 g/mol. The number of halogens is 3. The minimum absolute atomic E-state index is 0.0714. The number of rotatable bonds is 3. The van der Waals surface area contributed by atoms with Crippen LogP contribution in [0.15, 0.2) is 42.6 Å². The van der Waals surface area contributed by atoms with Crippen molar-refractivity contribution in [1.29, 1.82) is 0 Å². The number of amides is 1. The van der Waals surface area contributed by atoms with Gasteiger partial charge >= 0.3 is 6.18 Å². The van der Waals surface area contributed by atoms with E-state index < -0.39 is 11.7 Å². The highest BCUT2D eigenvalue weighted by molar-refractivity contribution is 5.79. The molecule has 1 aliphatic carbocycles. The van der Waals surface area contributed by atoms with Gasteiger partial charge in [0, 0.05) is 25.2 Å². The maximum absolute atomic E-state index is 12.8. The lowest BCUT2D eigenvalue weighted by molar-refractivity contribution is -0.137. The van der Waals surface area contributed by atoms with Gasteiger partial charge in [-0.1, -0.05) is 24.3 Å². The lowest BCUT2D eigenvalue weighted by atomic mass is 9.87. The van der Waals surface area contributed by atoms with Crippen molar-refractivity contribution in [2.45, 2.75) is 44.3 Å². The topological polar surface area (TPSA) is 45.2 Å². The first-order valence-electron chi connectivity index (χ1n) is 10.1. The second kappa shape index (κ2) is 8.05. The van der Waals surface area contributed by atoms with Crippen LogP contribution in [0.5, 0.6) is 0 Å². The Labute approximate surface area is 168 Å². The zero-order valence-electron chi connectivity index (χ0n) is 16.1. The Morgan fingerprint density at radius 2 is 1.83 bits per heavy atom. The van der Waals surface area contributed by atoms with Gasteiger partial charge in [-0.2, -0.15) is 13.2 Å². The summed E-state index contributed by atoms with van der Waals surface area (Å²) in [5.74, 6) is 0.527. The quantitative estimate of drug-likeness (QED) is 0.820. The number of pyridine rings is 1. The van der Waals surface area contributed by atoms with Crippen LogP contribution in [0.3, 0.4) is 0 Å². The number of hydrogen-bond donors (Lipinski definition) is 1. The number of carbonyl (C=O) groups excluding carboxylic acids is 1. The van der Waals surface area contributed by atoms with Crippen LogP contribution < -0.4 is 10.2 Å². The third-order valence-corrected chi connectivity index (χ3v) is 5.95. The van der Waals surface area contributed by atoms with Gasteiger partial charge in [0.05, 0.1) is 11.6 Å². The van der Waals surface area contributed by atoms with Crippen molar-refractivity contribution < 1.29 is 18.0 Å². The Kier molecular flexibility index (Phi) is 5.48. The molecule has 1 N–H and O–H groups in total. The number of nitrogens with zero attached hydrogens (tertiary/aromatic N) is 2. The van der Waals surface area contributed by atoms with Gasteiger partial charge in [0.15, 0.2) is 0 Å². The van der Waals surface area contributed by atoms with Crippen LogP contribution in [0.25, 0.3) is 0 Å². The number of aryl methyl sites for hydroxylation is 1. The van der Waals surface area contributed by atoms with Gasteiger partial charge in [0.1, 0.15) is 5.82 Å². The zero-order valence-corrected chi connectivity index (χ0v) is 16.1. The van der Waals surface area contributed by atoms with Crippen LogP contribution in [0.1, 0.15) is 48.4 Å². The van der Waals surface area contributed by atoms with Gasteiger partial charge in [0.25, 0.3) is 0 Å². The van der Waals surface area contributed by atoms with Crippen LogP contribution in [-0.2, 0) is 17.4 Å². The molecule has 2 aliphatic rings. The van der Waals surface area contributed by atoms with Crippen LogP contribution in [0.4, 0.5) is 19.0 Å². The van der Waals surface area contributed by atoms with E-state index in [1.165, 1.54) is 17.2 Å². The van der Waals surface area contributed by atoms with Crippen LogP contribution in [0.2, 0.25) is 0 Å². The minimum Gasteiger partial charge on any atom is -0.357 e. The van der Waals surface area contributed by atoms with Crippen LogP contribution >= 0.6 is 0 Å². The second-order valence-corrected chi connectivity index (χ2v) is 7.82. The molecule has 2 aromatic rings. The van der Waals surface area contributed by atoms with E-state index in [-0.39, 0.29) is 17.9 Å². The van der Waals surface area contributed by atoms with E-state index in [4.69, 9.17) is 0 Å². The third-order valence-electron chi connectivity index (χ3n) is 5.95. The number of hydrogen-bond acceptors (Lipinski definition) is 3. The number of alkyl halides is 3. The first-order chi connectivity index (χ1) is 13.9. The molecule has 7 heteroatoms. The highest BCUT2D eigenvalue weighted by Crippen LogP contribution is 2.32. The van der Waals surface area contributed by atoms with Crippen molar-refractivity contribution >= 4 is 11.7 Å². The molecular formula is C22H24F3N3O. The summed E-state index contributed by atoms with van der Waals surface area (Å²) < 4.78 is 38.1. The zero-order chi connectivity index (χ0) is 20.4. The van der Waals surface area contributed by atoms with Gasteiger partial charge in [-0.3, -0.25) is 4.79 Å². The number of nitrogens with one attached hydrogen (secondary N) is 1. The lowest BCUT2D eigenvalue weighted by Gasteiger charge is -2.34. The number of benzene rings is 1. The summed E-state index contributed by atoms with van der Waals surface area (Å²) in [4.78, 5) is 18.7. The molecule has 1 atom stereocenters. The Morgan fingerprint density at radius 1 is 1.07 bits per heavy atom. The molecular weight excluding hydrogens is 379 g/mol. The number of piperidine rings is 1. The fraction of sp³-hybridized carbons (Fsp3) is 0.455. The fourth-order valence-corrected chi connectivity index (χ4v) is 4.31. The highest BCUT2D eigenvalue weighted by atomic mass is 19.4. The summed E-state index contributed by atoms with van der Waals surface area (Å²) in [6.07, 6.45) is 0.910. The molecule has 2 heterocycles. The number of carbonyl (C=O) groups is 1. The molecule has 1 aromatic heterocycles. The molecule has 1 aromatic carbocycles. The van der Waals surface area contributed by atoms with Gasteiger partial charge in [-0.25, -0.2) is 4.98 Å². The van der Waals surface area contributed by atoms with Gasteiger partial charge in [0.2, 0.25) is 5.91 Å². The van der Waals surface area contributed by atoms with E-state index in [1.807, 2.05) is 17.0 Å². The SMILES string of the molecule is O=C(N[C@@H]1CCCc2ccccc21)C1CCN(c2ccc(C(F)(F)F)cn2)CC1. The summed E-state index contributed by atoms with van der Waals surface area (Å²) in [7, 11) is 0. The molecule has 1 fully saturated rings. The third kappa shape index (κ3) is 4.38. The Bertz CT molecular complexity index is 858. The Morgan fingerprint density at radius 3 is 2.52 bits per heavy atom. The van der Waals surface area contributed by atoms with Crippen molar-refractivity contribution in [3.63, 3.8) is 0 Å². The van der Waals surface area contributed by atoms with Gasteiger partial charge in [-0.05, 0) is 55.4 Å².